The molecule has 0 bridgehead atoms. The Morgan fingerprint density at radius 3 is 2.24 bits per heavy atom. The number of hydrogen-bond acceptors (Lipinski definition) is 3. The fourth-order valence-corrected chi connectivity index (χ4v) is 2.65. The SMILES string of the molecule is C=C(NP(=O)(OCC)OCC)c1ccccc1. The van der Waals surface area contributed by atoms with Crippen molar-refractivity contribution in [3.05, 3.63) is 42.5 Å². The summed E-state index contributed by atoms with van der Waals surface area (Å²) >= 11 is 0. The maximum Gasteiger partial charge on any atom is 0.432 e. The summed E-state index contributed by atoms with van der Waals surface area (Å²) in [6, 6.07) is 9.42. The molecule has 4 nitrogen and oxygen atoms in total. The van der Waals surface area contributed by atoms with E-state index in [4.69, 9.17) is 9.05 Å². The van der Waals surface area contributed by atoms with Crippen LogP contribution in [0.2, 0.25) is 0 Å². The van der Waals surface area contributed by atoms with Crippen molar-refractivity contribution >= 4 is 13.4 Å². The van der Waals surface area contributed by atoms with E-state index in [9.17, 15) is 4.57 Å². The molecule has 0 amide bonds. The van der Waals surface area contributed by atoms with Gasteiger partial charge in [0.1, 0.15) is 0 Å². The molecular weight excluding hydrogens is 237 g/mol. The minimum atomic E-state index is -3.29. The lowest BCUT2D eigenvalue weighted by Crippen LogP contribution is -2.13. The fraction of sp³-hybridized carbons (Fsp3) is 0.333. The third kappa shape index (κ3) is 4.35. The van der Waals surface area contributed by atoms with E-state index in [1.807, 2.05) is 30.3 Å². The zero-order valence-electron chi connectivity index (χ0n) is 10.2. The molecule has 0 aliphatic rings. The summed E-state index contributed by atoms with van der Waals surface area (Å²) in [5.41, 5.74) is 1.38. The molecule has 1 aromatic carbocycles. The van der Waals surface area contributed by atoms with Crippen molar-refractivity contribution in [2.24, 2.45) is 0 Å². The lowest BCUT2D eigenvalue weighted by molar-refractivity contribution is 0.215. The summed E-state index contributed by atoms with van der Waals surface area (Å²) in [7, 11) is -3.29. The molecule has 0 saturated carbocycles. The number of benzene rings is 1. The molecule has 0 aliphatic heterocycles. The zero-order valence-corrected chi connectivity index (χ0v) is 11.1. The van der Waals surface area contributed by atoms with Crippen molar-refractivity contribution < 1.29 is 13.6 Å². The van der Waals surface area contributed by atoms with E-state index in [2.05, 4.69) is 11.7 Å². The van der Waals surface area contributed by atoms with E-state index in [0.717, 1.165) is 5.56 Å². The standard InChI is InChI=1S/C12H18NO3P/c1-4-15-17(14,16-5-2)13-11(3)12-9-7-6-8-10-12/h6-10H,3-5H2,1-2H3,(H,13,14). The van der Waals surface area contributed by atoms with Crippen LogP contribution >= 0.6 is 7.75 Å². The quantitative estimate of drug-likeness (QED) is 0.758. The van der Waals surface area contributed by atoms with Gasteiger partial charge in [-0.3, -0.25) is 14.1 Å². The Kier molecular flexibility index (Phi) is 5.42. The third-order valence-corrected chi connectivity index (χ3v) is 3.73. The molecule has 0 radical (unpaired) electrons. The normalized spacial score (nSPS) is 11.2. The molecule has 5 heteroatoms. The molecule has 0 heterocycles. The summed E-state index contributed by atoms with van der Waals surface area (Å²) in [6.07, 6.45) is 0. The molecule has 1 N–H and O–H groups in total. The summed E-state index contributed by atoms with van der Waals surface area (Å²) in [4.78, 5) is 0. The van der Waals surface area contributed by atoms with Gasteiger partial charge in [-0.05, 0) is 19.4 Å². The second-order valence-corrected chi connectivity index (χ2v) is 5.02. The first-order valence-corrected chi connectivity index (χ1v) is 7.07. The van der Waals surface area contributed by atoms with Crippen LogP contribution in [0.5, 0.6) is 0 Å². The second kappa shape index (κ2) is 6.60. The van der Waals surface area contributed by atoms with Gasteiger partial charge < -0.3 is 0 Å². The minimum absolute atomic E-state index is 0.312. The Morgan fingerprint density at radius 2 is 1.76 bits per heavy atom. The minimum Gasteiger partial charge on any atom is -0.293 e. The zero-order chi connectivity index (χ0) is 12.7. The Hall–Kier alpha value is -1.09. The molecule has 0 unspecified atom stereocenters. The number of hydrogen-bond donors (Lipinski definition) is 1. The van der Waals surface area contributed by atoms with Crippen molar-refractivity contribution in [1.29, 1.82) is 0 Å². The Labute approximate surface area is 102 Å². The van der Waals surface area contributed by atoms with Gasteiger partial charge in [-0.2, -0.15) is 0 Å². The summed E-state index contributed by atoms with van der Waals surface area (Å²) in [5.74, 6) is 0. The van der Waals surface area contributed by atoms with Crippen molar-refractivity contribution in [3.63, 3.8) is 0 Å². The number of nitrogens with one attached hydrogen (secondary N) is 1. The van der Waals surface area contributed by atoms with Crippen molar-refractivity contribution in [1.82, 2.24) is 5.09 Å². The third-order valence-electron chi connectivity index (χ3n) is 1.99. The van der Waals surface area contributed by atoms with E-state index in [1.54, 1.807) is 13.8 Å². The predicted molar refractivity (Wildman–Crippen MR) is 69.5 cm³/mol. The molecule has 0 spiro atoms. The molecule has 94 valence electrons. The summed E-state index contributed by atoms with van der Waals surface area (Å²) in [6.45, 7) is 7.98. The van der Waals surface area contributed by atoms with Gasteiger partial charge in [-0.1, -0.05) is 36.9 Å². The highest BCUT2D eigenvalue weighted by molar-refractivity contribution is 7.52. The number of rotatable bonds is 7. The molecule has 0 aromatic heterocycles. The van der Waals surface area contributed by atoms with Crippen LogP contribution in [-0.4, -0.2) is 13.2 Å². The van der Waals surface area contributed by atoms with Crippen LogP contribution < -0.4 is 5.09 Å². The highest BCUT2D eigenvalue weighted by Gasteiger charge is 2.24. The Bertz CT molecular complexity index is 395. The molecular formula is C12H18NO3P. The van der Waals surface area contributed by atoms with E-state index >= 15 is 0 Å². The summed E-state index contributed by atoms with van der Waals surface area (Å²) in [5, 5.41) is 2.73. The molecule has 0 aliphatic carbocycles. The molecule has 1 aromatic rings. The average Bonchev–Trinajstić information content (AvgIpc) is 2.30. The first kappa shape index (κ1) is 14.0. The predicted octanol–water partition coefficient (Wildman–Crippen LogP) is 3.43. The first-order chi connectivity index (χ1) is 8.11. The molecule has 0 atom stereocenters. The molecule has 1 rings (SSSR count). The van der Waals surface area contributed by atoms with Gasteiger partial charge in [0.25, 0.3) is 0 Å². The van der Waals surface area contributed by atoms with Gasteiger partial charge in [0.15, 0.2) is 0 Å². The van der Waals surface area contributed by atoms with Crippen LogP contribution in [0.15, 0.2) is 36.9 Å². The van der Waals surface area contributed by atoms with Crippen LogP contribution in [0.4, 0.5) is 0 Å². The lowest BCUT2D eigenvalue weighted by atomic mass is 10.2. The van der Waals surface area contributed by atoms with E-state index in [1.165, 1.54) is 0 Å². The highest BCUT2D eigenvalue weighted by atomic mass is 31.2. The van der Waals surface area contributed by atoms with E-state index in [0.29, 0.717) is 18.9 Å². The van der Waals surface area contributed by atoms with Crippen LogP contribution in [-0.2, 0) is 13.6 Å². The Balaban J connectivity index is 2.74. The molecule has 0 saturated heterocycles. The topological polar surface area (TPSA) is 47.6 Å². The maximum atomic E-state index is 12.2. The van der Waals surface area contributed by atoms with E-state index in [-0.39, 0.29) is 0 Å². The van der Waals surface area contributed by atoms with Gasteiger partial charge in [0, 0.05) is 5.70 Å². The van der Waals surface area contributed by atoms with Crippen LogP contribution in [0, 0.1) is 0 Å². The van der Waals surface area contributed by atoms with Gasteiger partial charge in [0.2, 0.25) is 0 Å². The van der Waals surface area contributed by atoms with Crippen LogP contribution in [0.25, 0.3) is 5.70 Å². The lowest BCUT2D eigenvalue weighted by Gasteiger charge is -2.19. The average molecular weight is 255 g/mol. The monoisotopic (exact) mass is 255 g/mol. The van der Waals surface area contributed by atoms with Gasteiger partial charge in [-0.15, -0.1) is 0 Å². The van der Waals surface area contributed by atoms with Gasteiger partial charge >= 0.3 is 7.75 Å². The van der Waals surface area contributed by atoms with Crippen molar-refractivity contribution in [2.45, 2.75) is 13.8 Å². The fourth-order valence-electron chi connectivity index (χ4n) is 1.31. The van der Waals surface area contributed by atoms with Crippen molar-refractivity contribution in [3.8, 4) is 0 Å². The highest BCUT2D eigenvalue weighted by Crippen LogP contribution is 2.45. The molecule has 0 fully saturated rings. The first-order valence-electron chi connectivity index (χ1n) is 5.53. The van der Waals surface area contributed by atoms with E-state index < -0.39 is 7.75 Å². The van der Waals surface area contributed by atoms with Gasteiger partial charge in [-0.25, -0.2) is 4.57 Å². The maximum absolute atomic E-state index is 12.2. The largest absolute Gasteiger partial charge is 0.432 e. The smallest absolute Gasteiger partial charge is 0.293 e. The van der Waals surface area contributed by atoms with Crippen LogP contribution in [0.1, 0.15) is 19.4 Å². The van der Waals surface area contributed by atoms with Crippen molar-refractivity contribution in [2.75, 3.05) is 13.2 Å². The van der Waals surface area contributed by atoms with Crippen LogP contribution in [0.3, 0.4) is 0 Å². The second-order valence-electron chi connectivity index (χ2n) is 3.29. The summed E-state index contributed by atoms with van der Waals surface area (Å²) < 4.78 is 22.4. The van der Waals surface area contributed by atoms with Gasteiger partial charge in [0.05, 0.1) is 13.2 Å². The Morgan fingerprint density at radius 1 is 1.24 bits per heavy atom. The molecule has 17 heavy (non-hydrogen) atoms.